The lowest BCUT2D eigenvalue weighted by molar-refractivity contribution is -0.136. The number of carboxylic acid groups (broad SMARTS) is 1. The predicted octanol–water partition coefficient (Wildman–Crippen LogP) is -1.59. The number of nitrogens with zero attached hydrogens (tertiary/aromatic N) is 1. The summed E-state index contributed by atoms with van der Waals surface area (Å²) in [7, 11) is -3.91. The zero-order valence-corrected chi connectivity index (χ0v) is 17.8. The third-order valence-corrected chi connectivity index (χ3v) is 5.38. The van der Waals surface area contributed by atoms with Gasteiger partial charge in [-0.3, -0.25) is 14.6 Å². The average molecular weight is 457 g/mol. The van der Waals surface area contributed by atoms with Gasteiger partial charge in [-0.05, 0) is 30.7 Å². The number of benzene rings is 1. The third kappa shape index (κ3) is 9.29. The molecule has 0 amide bonds. The molecule has 0 bridgehead atoms. The number of nitrogens with two attached hydrogens (primary N) is 1. The molecule has 1 aromatic carbocycles. The molecule has 0 radical (unpaired) electrons. The van der Waals surface area contributed by atoms with Crippen LogP contribution in [-0.4, -0.2) is 75.8 Å². The second-order valence-corrected chi connectivity index (χ2v) is 8.50. The molecule has 31 heavy (non-hydrogen) atoms. The molecule has 0 aliphatic carbocycles. The van der Waals surface area contributed by atoms with Gasteiger partial charge in [-0.15, -0.1) is 0 Å². The van der Waals surface area contributed by atoms with Gasteiger partial charge < -0.3 is 26.2 Å². The smallest absolute Gasteiger partial charge is 0.304 e. The summed E-state index contributed by atoms with van der Waals surface area (Å²) in [5.74, 6) is -0.939. The number of Topliss-reactive ketones (excluding diaryl/α,β-unsaturated/α-hetero) is 1. The number of aliphatic carboxylic acids is 1. The van der Waals surface area contributed by atoms with Crippen LogP contribution in [0.15, 0.2) is 29.3 Å². The molecule has 172 valence electrons. The van der Waals surface area contributed by atoms with Gasteiger partial charge in [-0.25, -0.2) is 13.8 Å². The molecule has 1 aliphatic heterocycles. The van der Waals surface area contributed by atoms with Crippen molar-refractivity contribution in [3.63, 3.8) is 0 Å². The minimum Gasteiger partial charge on any atom is -0.492 e. The van der Waals surface area contributed by atoms with Gasteiger partial charge in [0.15, 0.2) is 11.7 Å². The number of carbonyl (C=O) groups is 2. The maximum atomic E-state index is 12.4. The van der Waals surface area contributed by atoms with Crippen LogP contribution in [-0.2, 0) is 14.8 Å². The highest BCUT2D eigenvalue weighted by molar-refractivity contribution is 7.89. The topological polar surface area (TPSA) is 184 Å². The van der Waals surface area contributed by atoms with E-state index in [1.807, 2.05) is 4.83 Å². The Morgan fingerprint density at radius 3 is 2.65 bits per heavy atom. The number of ether oxygens (including phenoxy) is 1. The van der Waals surface area contributed by atoms with Crippen molar-refractivity contribution in [3.8, 4) is 5.75 Å². The van der Waals surface area contributed by atoms with E-state index in [-0.39, 0.29) is 18.5 Å². The number of sulfonamides is 1. The van der Waals surface area contributed by atoms with Crippen LogP contribution in [0.4, 0.5) is 0 Å². The van der Waals surface area contributed by atoms with Crippen molar-refractivity contribution in [1.29, 1.82) is 0 Å². The molecule has 0 saturated carbocycles. The molecule has 13 heteroatoms. The number of nitrogens with one attached hydrogen (secondary N) is 4. The van der Waals surface area contributed by atoms with Gasteiger partial charge in [0.05, 0.1) is 24.8 Å². The summed E-state index contributed by atoms with van der Waals surface area (Å²) in [6, 6.07) is 4.97. The van der Waals surface area contributed by atoms with Crippen LogP contribution in [0.3, 0.4) is 0 Å². The number of carbonyl (C=O) groups excluding carboxylic acids is 1. The minimum absolute atomic E-state index is 0.0979. The molecule has 0 spiro atoms. The van der Waals surface area contributed by atoms with E-state index in [1.165, 1.54) is 12.1 Å². The lowest BCUT2D eigenvalue weighted by Gasteiger charge is -2.16. The summed E-state index contributed by atoms with van der Waals surface area (Å²) in [6.07, 6.45) is 0.756. The van der Waals surface area contributed by atoms with Gasteiger partial charge in [0.25, 0.3) is 0 Å². The van der Waals surface area contributed by atoms with E-state index in [2.05, 4.69) is 21.1 Å². The molecule has 7 N–H and O–H groups in total. The molecule has 12 nitrogen and oxygen atoms in total. The molecule has 1 unspecified atom stereocenters. The summed E-state index contributed by atoms with van der Waals surface area (Å²) >= 11 is 0. The van der Waals surface area contributed by atoms with Crippen LogP contribution in [0, 0.1) is 0 Å². The number of hydrogen-bond acceptors (Lipinski definition) is 10. The molecular formula is C18H28N6O6S. The number of guanidine groups is 1. The maximum Gasteiger partial charge on any atom is 0.304 e. The lowest BCUT2D eigenvalue weighted by Crippen LogP contribution is -2.46. The van der Waals surface area contributed by atoms with E-state index < -0.39 is 33.6 Å². The SMILES string of the molecule is NC(CS(=O)(=O)NNCCC(=O)O)C(=O)c1ccc(OCCNC2=NCCCN2)cc1. The highest BCUT2D eigenvalue weighted by atomic mass is 32.2. The average Bonchev–Trinajstić information content (AvgIpc) is 2.74. The maximum absolute atomic E-state index is 12.4. The number of hydrazine groups is 1. The van der Waals surface area contributed by atoms with Gasteiger partial charge in [-0.2, -0.15) is 4.83 Å². The fourth-order valence-corrected chi connectivity index (χ4v) is 3.63. The fourth-order valence-electron chi connectivity index (χ4n) is 2.60. The molecule has 0 saturated heterocycles. The van der Waals surface area contributed by atoms with E-state index >= 15 is 0 Å². The van der Waals surface area contributed by atoms with Crippen LogP contribution >= 0.6 is 0 Å². The monoisotopic (exact) mass is 456 g/mol. The van der Waals surface area contributed by atoms with Crippen LogP contribution in [0.2, 0.25) is 0 Å². The lowest BCUT2D eigenvalue weighted by atomic mass is 10.1. The summed E-state index contributed by atoms with van der Waals surface area (Å²) in [6.45, 7) is 2.55. The molecule has 1 heterocycles. The Hall–Kier alpha value is -2.74. The molecular weight excluding hydrogens is 428 g/mol. The molecule has 0 fully saturated rings. The van der Waals surface area contributed by atoms with Crippen molar-refractivity contribution >= 4 is 27.7 Å². The third-order valence-electron chi connectivity index (χ3n) is 4.13. The highest BCUT2D eigenvalue weighted by Gasteiger charge is 2.23. The zero-order chi connectivity index (χ0) is 22.7. The number of carboxylic acids is 1. The van der Waals surface area contributed by atoms with Crippen molar-refractivity contribution in [2.45, 2.75) is 18.9 Å². The molecule has 1 aliphatic rings. The van der Waals surface area contributed by atoms with Crippen molar-refractivity contribution in [2.75, 3.05) is 38.5 Å². The second kappa shape index (κ2) is 12.2. The molecule has 1 aromatic rings. The van der Waals surface area contributed by atoms with Gasteiger partial charge >= 0.3 is 5.97 Å². The van der Waals surface area contributed by atoms with E-state index in [0.29, 0.717) is 18.9 Å². The van der Waals surface area contributed by atoms with Gasteiger partial charge in [0, 0.05) is 25.2 Å². The van der Waals surface area contributed by atoms with Crippen LogP contribution < -0.4 is 31.4 Å². The Kier molecular flexibility index (Phi) is 9.65. The van der Waals surface area contributed by atoms with Gasteiger partial charge in [0.1, 0.15) is 12.4 Å². The first-order valence-electron chi connectivity index (χ1n) is 9.76. The summed E-state index contributed by atoms with van der Waals surface area (Å²) in [5, 5.41) is 14.8. The second-order valence-electron chi connectivity index (χ2n) is 6.74. The van der Waals surface area contributed by atoms with Crippen molar-refractivity contribution in [2.24, 2.45) is 10.7 Å². The predicted molar refractivity (Wildman–Crippen MR) is 114 cm³/mol. The van der Waals surface area contributed by atoms with Gasteiger partial charge in [0.2, 0.25) is 10.0 Å². The number of rotatable bonds is 13. The Morgan fingerprint density at radius 1 is 1.26 bits per heavy atom. The molecule has 1 atom stereocenters. The van der Waals surface area contributed by atoms with E-state index in [4.69, 9.17) is 15.6 Å². The standard InChI is InChI=1S/C18H28N6O6S/c19-15(12-31(28,29)24-23-9-6-16(25)26)17(27)13-2-4-14(5-3-13)30-11-10-22-18-20-7-1-8-21-18/h2-5,15,23-24H,1,6-12,19H2,(H,25,26)(H2,20,21,22). The highest BCUT2D eigenvalue weighted by Crippen LogP contribution is 2.13. The zero-order valence-electron chi connectivity index (χ0n) is 17.0. The summed E-state index contributed by atoms with van der Waals surface area (Å²) < 4.78 is 29.5. The summed E-state index contributed by atoms with van der Waals surface area (Å²) in [4.78, 5) is 29.1. The van der Waals surface area contributed by atoms with E-state index in [0.717, 1.165) is 25.5 Å². The molecule has 2 rings (SSSR count). The van der Waals surface area contributed by atoms with Crippen molar-refractivity contribution in [1.82, 2.24) is 20.9 Å². The quantitative estimate of drug-likeness (QED) is 0.115. The molecule has 0 aromatic heterocycles. The number of ketones is 1. The summed E-state index contributed by atoms with van der Waals surface area (Å²) in [5.41, 5.74) is 8.28. The number of hydrogen-bond donors (Lipinski definition) is 6. The normalized spacial score (nSPS) is 14.8. The minimum atomic E-state index is -3.91. The Balaban J connectivity index is 1.75. The van der Waals surface area contributed by atoms with E-state index in [1.54, 1.807) is 12.1 Å². The number of aliphatic imine (C=N–C) groups is 1. The fraction of sp³-hybridized carbons (Fsp3) is 0.500. The van der Waals surface area contributed by atoms with Crippen molar-refractivity contribution < 1.29 is 27.9 Å². The first kappa shape index (κ1) is 24.5. The van der Waals surface area contributed by atoms with Crippen molar-refractivity contribution in [3.05, 3.63) is 29.8 Å². The van der Waals surface area contributed by atoms with Crippen LogP contribution in [0.25, 0.3) is 0 Å². The Morgan fingerprint density at radius 2 is 2.00 bits per heavy atom. The Labute approximate surface area is 180 Å². The van der Waals surface area contributed by atoms with Gasteiger partial charge in [-0.1, -0.05) is 0 Å². The van der Waals surface area contributed by atoms with Crippen LogP contribution in [0.1, 0.15) is 23.2 Å². The first-order chi connectivity index (χ1) is 14.8. The first-order valence-corrected chi connectivity index (χ1v) is 11.4. The van der Waals surface area contributed by atoms with E-state index in [9.17, 15) is 18.0 Å². The Bertz CT molecular complexity index is 874. The van der Waals surface area contributed by atoms with Crippen LogP contribution in [0.5, 0.6) is 5.75 Å². The largest absolute Gasteiger partial charge is 0.492 e.